The number of fused-ring (bicyclic) bond motifs is 1. The molecule has 0 aliphatic carbocycles. The van der Waals surface area contributed by atoms with Gasteiger partial charge in [0.2, 0.25) is 0 Å². The van der Waals surface area contributed by atoms with Gasteiger partial charge in [0.05, 0.1) is 13.3 Å². The number of aryl methyl sites for hydroxylation is 1. The summed E-state index contributed by atoms with van der Waals surface area (Å²) in [6.45, 7) is 2.01. The second-order valence-electron chi connectivity index (χ2n) is 3.69. The van der Waals surface area contributed by atoms with Gasteiger partial charge in [-0.3, -0.25) is 0 Å². The van der Waals surface area contributed by atoms with Crippen molar-refractivity contribution in [3.8, 4) is 11.3 Å². The van der Waals surface area contributed by atoms with E-state index in [1.165, 1.54) is 0 Å². The zero-order valence-electron chi connectivity index (χ0n) is 9.88. The van der Waals surface area contributed by atoms with Crippen molar-refractivity contribution in [3.05, 3.63) is 54.3 Å². The van der Waals surface area contributed by atoms with Crippen LogP contribution in [0.5, 0.6) is 0 Å². The topological polar surface area (TPSA) is 30.2 Å². The van der Waals surface area contributed by atoms with Crippen molar-refractivity contribution in [2.45, 2.75) is 6.92 Å². The second-order valence-corrected chi connectivity index (χ2v) is 3.69. The molecule has 0 radical (unpaired) electrons. The average molecular weight is 211 g/mol. The first-order valence-electron chi connectivity index (χ1n) is 5.62. The Morgan fingerprint density at radius 2 is 2.19 bits per heavy atom. The lowest BCUT2D eigenvalue weighted by Gasteiger charge is -2.01. The lowest BCUT2D eigenvalue weighted by molar-refractivity contribution is 0.934. The van der Waals surface area contributed by atoms with Crippen LogP contribution in [0.2, 0.25) is 0 Å². The quantitative estimate of drug-likeness (QED) is 0.619. The molecule has 1 aromatic carbocycles. The summed E-state index contributed by atoms with van der Waals surface area (Å²) >= 11 is 0. The predicted molar refractivity (Wildman–Crippen MR) is 63.2 cm³/mol. The molecule has 0 spiro atoms. The minimum absolute atomic E-state index is 0.491. The molecule has 2 aromatic heterocycles. The first-order chi connectivity index (χ1) is 8.25. The molecule has 0 fully saturated rings. The number of nitrogens with zero attached hydrogens (tertiary/aromatic N) is 3. The predicted octanol–water partition coefficient (Wildman–Crippen LogP) is 2.70. The molecule has 0 unspecified atom stereocenters. The molecule has 2 heterocycles. The molecule has 0 aliphatic heterocycles. The van der Waals surface area contributed by atoms with E-state index < -0.39 is 0 Å². The van der Waals surface area contributed by atoms with Crippen LogP contribution in [0.1, 0.15) is 6.93 Å². The zero-order chi connectivity index (χ0) is 11.8. The van der Waals surface area contributed by atoms with Gasteiger partial charge >= 0.3 is 0 Å². The van der Waals surface area contributed by atoms with Crippen molar-refractivity contribution in [1.82, 2.24) is 14.6 Å². The van der Waals surface area contributed by atoms with E-state index in [4.69, 9.17) is 1.37 Å². The lowest BCUT2D eigenvalue weighted by Crippen LogP contribution is -1.94. The fourth-order valence-corrected chi connectivity index (χ4v) is 1.77. The average Bonchev–Trinajstić information content (AvgIpc) is 2.74. The van der Waals surface area contributed by atoms with Crippen molar-refractivity contribution in [2.75, 3.05) is 0 Å². The van der Waals surface area contributed by atoms with Gasteiger partial charge in [-0.25, -0.2) is 9.50 Å². The van der Waals surface area contributed by atoms with E-state index >= 15 is 0 Å². The van der Waals surface area contributed by atoms with E-state index in [0.29, 0.717) is 6.04 Å². The summed E-state index contributed by atoms with van der Waals surface area (Å²) in [6, 6.07) is 9.83. The van der Waals surface area contributed by atoms with Crippen molar-refractivity contribution in [1.29, 1.82) is 0 Å². The van der Waals surface area contributed by atoms with Crippen molar-refractivity contribution < 1.29 is 1.37 Å². The Balaban J connectivity index is 2.28. The molecule has 78 valence electrons. The van der Waals surface area contributed by atoms with Crippen LogP contribution in [0.15, 0.2) is 48.8 Å². The van der Waals surface area contributed by atoms with Gasteiger partial charge in [-0.2, -0.15) is 5.10 Å². The van der Waals surface area contributed by atoms with Crippen molar-refractivity contribution >= 4 is 5.65 Å². The summed E-state index contributed by atoms with van der Waals surface area (Å²) in [5.41, 5.74) is 3.83. The number of hydrogen-bond donors (Lipinski definition) is 0. The number of aromatic nitrogens is 3. The van der Waals surface area contributed by atoms with Crippen LogP contribution >= 0.6 is 0 Å². The Kier molecular flexibility index (Phi) is 1.74. The minimum Gasteiger partial charge on any atom is -0.235 e. The molecule has 3 nitrogen and oxygen atoms in total. The highest BCUT2D eigenvalue weighted by atomic mass is 15.3. The summed E-state index contributed by atoms with van der Waals surface area (Å²) in [4.78, 5) is 4.36. The molecule has 0 saturated carbocycles. The maximum Gasteiger partial charge on any atom is 0.157 e. The fraction of sp³-hybridized carbons (Fsp3) is 0.0769. The Morgan fingerprint density at radius 1 is 1.25 bits per heavy atom. The second kappa shape index (κ2) is 3.45. The van der Waals surface area contributed by atoms with E-state index in [0.717, 1.165) is 22.5 Å². The third-order valence-electron chi connectivity index (χ3n) is 2.60. The Labute approximate surface area is 94.8 Å². The van der Waals surface area contributed by atoms with Crippen LogP contribution in [0.4, 0.5) is 0 Å². The van der Waals surface area contributed by atoms with Crippen molar-refractivity contribution in [3.63, 3.8) is 0 Å². The van der Waals surface area contributed by atoms with E-state index in [9.17, 15) is 0 Å². The Hall–Kier alpha value is -2.16. The third kappa shape index (κ3) is 1.29. The smallest absolute Gasteiger partial charge is 0.157 e. The molecule has 0 bridgehead atoms. The van der Waals surface area contributed by atoms with Gasteiger partial charge in [0, 0.05) is 11.8 Å². The van der Waals surface area contributed by atoms with E-state index in [-0.39, 0.29) is 0 Å². The van der Waals surface area contributed by atoms with Crippen molar-refractivity contribution in [2.24, 2.45) is 0 Å². The van der Waals surface area contributed by atoms with Gasteiger partial charge < -0.3 is 0 Å². The molecule has 0 amide bonds. The lowest BCUT2D eigenvalue weighted by atomic mass is 10.2. The van der Waals surface area contributed by atoms with Gasteiger partial charge in [0.1, 0.15) is 0 Å². The molecule has 3 rings (SSSR count). The zero-order valence-corrected chi connectivity index (χ0v) is 8.88. The highest BCUT2D eigenvalue weighted by Gasteiger charge is 2.07. The number of hydrogen-bond acceptors (Lipinski definition) is 2. The minimum atomic E-state index is 0.491. The summed E-state index contributed by atoms with van der Waals surface area (Å²) in [5, 5.41) is 4.30. The Morgan fingerprint density at radius 3 is 3.06 bits per heavy atom. The number of imidazole rings is 1. The summed E-state index contributed by atoms with van der Waals surface area (Å²) in [7, 11) is 0. The summed E-state index contributed by atoms with van der Waals surface area (Å²) in [5.74, 6) is 0. The van der Waals surface area contributed by atoms with Gasteiger partial charge in [-0.1, -0.05) is 30.3 Å². The van der Waals surface area contributed by atoms with Gasteiger partial charge in [0.15, 0.2) is 5.65 Å². The SMILES string of the molecule is [3H]c1cccc(-c2cnc3c(C)ccnn23)c1. The van der Waals surface area contributed by atoms with Crippen LogP contribution in [-0.2, 0) is 0 Å². The summed E-state index contributed by atoms with van der Waals surface area (Å²) < 4.78 is 9.45. The monoisotopic (exact) mass is 211 g/mol. The van der Waals surface area contributed by atoms with E-state index in [1.807, 2.05) is 35.7 Å². The summed E-state index contributed by atoms with van der Waals surface area (Å²) in [6.07, 6.45) is 3.56. The van der Waals surface area contributed by atoms with Crippen LogP contribution in [0.25, 0.3) is 16.9 Å². The van der Waals surface area contributed by atoms with Gasteiger partial charge in [-0.15, -0.1) is 0 Å². The number of benzene rings is 1. The molecule has 0 N–H and O–H groups in total. The van der Waals surface area contributed by atoms with Crippen LogP contribution < -0.4 is 0 Å². The molecule has 16 heavy (non-hydrogen) atoms. The maximum atomic E-state index is 7.64. The van der Waals surface area contributed by atoms with Crippen LogP contribution in [-0.4, -0.2) is 14.6 Å². The van der Waals surface area contributed by atoms with Gasteiger partial charge in [-0.05, 0) is 18.6 Å². The molecule has 0 saturated heterocycles. The maximum absolute atomic E-state index is 7.64. The molecule has 0 atom stereocenters. The van der Waals surface area contributed by atoms with Crippen LogP contribution in [0, 0.1) is 6.92 Å². The van der Waals surface area contributed by atoms with Crippen LogP contribution in [0.3, 0.4) is 0 Å². The van der Waals surface area contributed by atoms with E-state index in [2.05, 4.69) is 10.1 Å². The number of rotatable bonds is 1. The standard InChI is InChI=1S/C13H11N3/c1-10-7-8-15-16-12(9-14-13(10)16)11-5-3-2-4-6-11/h2-9H,1H3/i3T. The van der Waals surface area contributed by atoms with Gasteiger partial charge in [0.25, 0.3) is 0 Å². The molecule has 0 aliphatic rings. The third-order valence-corrected chi connectivity index (χ3v) is 2.60. The van der Waals surface area contributed by atoms with E-state index in [1.54, 1.807) is 18.5 Å². The largest absolute Gasteiger partial charge is 0.235 e. The Bertz CT molecular complexity index is 688. The molecular formula is C13H11N3. The highest BCUT2D eigenvalue weighted by Crippen LogP contribution is 2.20. The highest BCUT2D eigenvalue weighted by molar-refractivity contribution is 5.63. The fourth-order valence-electron chi connectivity index (χ4n) is 1.77. The first-order valence-corrected chi connectivity index (χ1v) is 5.12. The molecule has 3 aromatic rings. The first kappa shape index (κ1) is 8.05. The molecular weight excluding hydrogens is 198 g/mol. The molecule has 3 heteroatoms. The normalized spacial score (nSPS) is 11.7.